The minimum absolute atomic E-state index is 0.694. The molecular weight excluding hydrogens is 252 g/mol. The van der Waals surface area contributed by atoms with Gasteiger partial charge >= 0.3 is 0 Å². The fourth-order valence-electron chi connectivity index (χ4n) is 1.86. The Morgan fingerprint density at radius 3 is 2.25 bits per heavy atom. The van der Waals surface area contributed by atoms with Gasteiger partial charge in [0.25, 0.3) is 0 Å². The normalized spacial score (nSPS) is 10.2. The van der Waals surface area contributed by atoms with Crippen molar-refractivity contribution >= 4 is 0 Å². The van der Waals surface area contributed by atoms with E-state index in [1.807, 2.05) is 60.8 Å². The van der Waals surface area contributed by atoms with E-state index in [-0.39, 0.29) is 0 Å². The van der Waals surface area contributed by atoms with E-state index < -0.39 is 0 Å². The summed E-state index contributed by atoms with van der Waals surface area (Å²) in [5, 5.41) is 4.28. The van der Waals surface area contributed by atoms with E-state index in [0.29, 0.717) is 5.75 Å². The molecule has 4 heteroatoms. The first-order chi connectivity index (χ1) is 9.85. The molecule has 3 rings (SSSR count). The van der Waals surface area contributed by atoms with Crippen LogP contribution in [0, 0.1) is 0 Å². The molecule has 0 amide bonds. The molecule has 0 spiro atoms. The molecule has 0 aliphatic carbocycles. The lowest BCUT2D eigenvalue weighted by Crippen LogP contribution is -1.92. The van der Waals surface area contributed by atoms with Crippen LogP contribution < -0.4 is 9.47 Å². The van der Waals surface area contributed by atoms with Crippen LogP contribution in [0.5, 0.6) is 17.2 Å². The van der Waals surface area contributed by atoms with Crippen LogP contribution in [0.1, 0.15) is 0 Å². The third-order valence-electron chi connectivity index (χ3n) is 2.87. The average molecular weight is 266 g/mol. The van der Waals surface area contributed by atoms with Crippen LogP contribution in [-0.2, 0) is 0 Å². The fourth-order valence-corrected chi connectivity index (χ4v) is 1.86. The van der Waals surface area contributed by atoms with Crippen molar-refractivity contribution in [2.24, 2.45) is 0 Å². The summed E-state index contributed by atoms with van der Waals surface area (Å²) in [5.41, 5.74) is 0.997. The number of methoxy groups -OCH3 is 1. The van der Waals surface area contributed by atoms with E-state index in [4.69, 9.17) is 9.47 Å². The number of nitrogens with zero attached hydrogens (tertiary/aromatic N) is 2. The first-order valence-electron chi connectivity index (χ1n) is 6.27. The van der Waals surface area contributed by atoms with E-state index in [9.17, 15) is 0 Å². The Morgan fingerprint density at radius 1 is 0.850 bits per heavy atom. The second kappa shape index (κ2) is 5.48. The van der Waals surface area contributed by atoms with Crippen molar-refractivity contribution < 1.29 is 9.47 Å². The molecule has 0 saturated heterocycles. The third kappa shape index (κ3) is 2.64. The Bertz CT molecular complexity index is 675. The zero-order valence-electron chi connectivity index (χ0n) is 11.1. The van der Waals surface area contributed by atoms with E-state index in [0.717, 1.165) is 17.2 Å². The predicted octanol–water partition coefficient (Wildman–Crippen LogP) is 3.67. The number of hydrogen-bond acceptors (Lipinski definition) is 3. The second-order valence-corrected chi connectivity index (χ2v) is 4.23. The van der Waals surface area contributed by atoms with Gasteiger partial charge < -0.3 is 9.47 Å². The largest absolute Gasteiger partial charge is 0.497 e. The molecule has 0 atom stereocenters. The summed E-state index contributed by atoms with van der Waals surface area (Å²) in [7, 11) is 1.64. The van der Waals surface area contributed by atoms with Crippen LogP contribution in [0.3, 0.4) is 0 Å². The molecule has 100 valence electrons. The minimum Gasteiger partial charge on any atom is -0.497 e. The zero-order chi connectivity index (χ0) is 13.8. The number of hydrogen-bond donors (Lipinski definition) is 0. The van der Waals surface area contributed by atoms with Crippen LogP contribution >= 0.6 is 0 Å². The maximum atomic E-state index is 5.74. The van der Waals surface area contributed by atoms with Gasteiger partial charge in [0.1, 0.15) is 11.5 Å². The quantitative estimate of drug-likeness (QED) is 0.722. The van der Waals surface area contributed by atoms with Gasteiger partial charge in [-0.2, -0.15) is 5.10 Å². The molecule has 0 N–H and O–H groups in total. The lowest BCUT2D eigenvalue weighted by Gasteiger charge is -2.04. The predicted molar refractivity (Wildman–Crippen MR) is 76.6 cm³/mol. The van der Waals surface area contributed by atoms with E-state index in [2.05, 4.69) is 5.10 Å². The van der Waals surface area contributed by atoms with Crippen LogP contribution in [0.4, 0.5) is 0 Å². The Hall–Kier alpha value is -2.75. The van der Waals surface area contributed by atoms with Crippen LogP contribution in [0.25, 0.3) is 5.69 Å². The van der Waals surface area contributed by atoms with Gasteiger partial charge in [0.2, 0.25) is 0 Å². The average Bonchev–Trinajstić information content (AvgIpc) is 2.97. The Labute approximate surface area is 117 Å². The summed E-state index contributed by atoms with van der Waals surface area (Å²) in [6, 6.07) is 17.3. The summed E-state index contributed by atoms with van der Waals surface area (Å²) in [5.74, 6) is 2.25. The smallest absolute Gasteiger partial charge is 0.165 e. The first-order valence-corrected chi connectivity index (χ1v) is 6.27. The summed E-state index contributed by atoms with van der Waals surface area (Å²) in [4.78, 5) is 0. The summed E-state index contributed by atoms with van der Waals surface area (Å²) in [6.45, 7) is 0. The first kappa shape index (κ1) is 12.3. The van der Waals surface area contributed by atoms with Crippen molar-refractivity contribution in [1.82, 2.24) is 9.78 Å². The van der Waals surface area contributed by atoms with Gasteiger partial charge in [-0.3, -0.25) is 0 Å². The highest BCUT2D eigenvalue weighted by atomic mass is 16.5. The Balaban J connectivity index is 1.77. The molecule has 1 heterocycles. The number of rotatable bonds is 4. The number of ether oxygens (including phenoxy) is 2. The zero-order valence-corrected chi connectivity index (χ0v) is 11.1. The van der Waals surface area contributed by atoms with Crippen LogP contribution in [-0.4, -0.2) is 16.9 Å². The molecule has 0 unspecified atom stereocenters. The van der Waals surface area contributed by atoms with Crippen molar-refractivity contribution in [2.45, 2.75) is 0 Å². The van der Waals surface area contributed by atoms with Crippen molar-refractivity contribution in [2.75, 3.05) is 7.11 Å². The molecule has 0 bridgehead atoms. The van der Waals surface area contributed by atoms with Gasteiger partial charge in [-0.05, 0) is 36.4 Å². The SMILES string of the molecule is COc1ccc(Oc2cnn(-c3ccccc3)c2)cc1. The lowest BCUT2D eigenvalue weighted by atomic mass is 10.3. The maximum absolute atomic E-state index is 5.74. The highest BCUT2D eigenvalue weighted by Crippen LogP contribution is 2.24. The van der Waals surface area contributed by atoms with Crippen LogP contribution in [0.2, 0.25) is 0 Å². The lowest BCUT2D eigenvalue weighted by molar-refractivity contribution is 0.413. The highest BCUT2D eigenvalue weighted by Gasteiger charge is 2.03. The van der Waals surface area contributed by atoms with E-state index in [1.165, 1.54) is 0 Å². The minimum atomic E-state index is 0.694. The van der Waals surface area contributed by atoms with Gasteiger partial charge in [0, 0.05) is 0 Å². The van der Waals surface area contributed by atoms with Gasteiger partial charge in [-0.15, -0.1) is 0 Å². The van der Waals surface area contributed by atoms with Crippen molar-refractivity contribution in [1.29, 1.82) is 0 Å². The summed E-state index contributed by atoms with van der Waals surface area (Å²) in [6.07, 6.45) is 3.54. The summed E-state index contributed by atoms with van der Waals surface area (Å²) < 4.78 is 12.6. The number of benzene rings is 2. The van der Waals surface area contributed by atoms with Crippen molar-refractivity contribution in [3.63, 3.8) is 0 Å². The Kier molecular flexibility index (Phi) is 3.37. The molecule has 1 aromatic heterocycles. The van der Waals surface area contributed by atoms with Gasteiger partial charge in [0.05, 0.1) is 25.2 Å². The molecule has 0 aliphatic heterocycles. The standard InChI is InChI=1S/C16H14N2O2/c1-19-14-7-9-15(10-8-14)20-16-11-17-18(12-16)13-5-3-2-4-6-13/h2-12H,1H3. The van der Waals surface area contributed by atoms with Gasteiger partial charge in [-0.1, -0.05) is 18.2 Å². The molecule has 3 aromatic rings. The van der Waals surface area contributed by atoms with E-state index >= 15 is 0 Å². The molecule has 0 aliphatic rings. The fraction of sp³-hybridized carbons (Fsp3) is 0.0625. The Morgan fingerprint density at radius 2 is 1.55 bits per heavy atom. The monoisotopic (exact) mass is 266 g/mol. The van der Waals surface area contributed by atoms with Crippen molar-refractivity contribution in [3.05, 3.63) is 67.0 Å². The number of para-hydroxylation sites is 1. The summed E-state index contributed by atoms with van der Waals surface area (Å²) >= 11 is 0. The molecule has 0 fully saturated rings. The van der Waals surface area contributed by atoms with E-state index in [1.54, 1.807) is 18.0 Å². The van der Waals surface area contributed by atoms with Gasteiger partial charge in [-0.25, -0.2) is 4.68 Å². The number of aromatic nitrogens is 2. The maximum Gasteiger partial charge on any atom is 0.165 e. The van der Waals surface area contributed by atoms with Gasteiger partial charge in [0.15, 0.2) is 5.75 Å². The molecular formula is C16H14N2O2. The van der Waals surface area contributed by atoms with Crippen molar-refractivity contribution in [3.8, 4) is 22.9 Å². The third-order valence-corrected chi connectivity index (χ3v) is 2.87. The van der Waals surface area contributed by atoms with Crippen LogP contribution in [0.15, 0.2) is 67.0 Å². The molecule has 4 nitrogen and oxygen atoms in total. The molecule has 20 heavy (non-hydrogen) atoms. The molecule has 0 saturated carbocycles. The second-order valence-electron chi connectivity index (χ2n) is 4.23. The highest BCUT2D eigenvalue weighted by molar-refractivity contribution is 5.36. The molecule has 0 radical (unpaired) electrons. The topological polar surface area (TPSA) is 36.3 Å². The molecule has 2 aromatic carbocycles.